The summed E-state index contributed by atoms with van der Waals surface area (Å²) in [6.45, 7) is 6.24. The average Bonchev–Trinajstić information content (AvgIpc) is 2.19. The third-order valence-electron chi connectivity index (χ3n) is 2.43. The Morgan fingerprint density at radius 3 is 2.53 bits per heavy atom. The predicted molar refractivity (Wildman–Crippen MR) is 68.9 cm³/mol. The monoisotopic (exact) mass is 236 g/mol. The second-order valence-corrected chi connectivity index (χ2v) is 4.67. The molecule has 94 valence electrons. The SMILES string of the molecule is CC(C)CC(C)Oc1cc(C(N)=O)ccc1N. The van der Waals surface area contributed by atoms with Crippen molar-refractivity contribution in [3.05, 3.63) is 23.8 Å². The van der Waals surface area contributed by atoms with Crippen LogP contribution in [0.3, 0.4) is 0 Å². The first kappa shape index (κ1) is 13.4. The standard InChI is InChI=1S/C13H20N2O2/c1-8(2)6-9(3)17-12-7-10(13(15)16)4-5-11(12)14/h4-5,7-9H,6,14H2,1-3H3,(H2,15,16). The molecule has 0 aromatic heterocycles. The van der Waals surface area contributed by atoms with Crippen LogP contribution in [0.1, 0.15) is 37.6 Å². The molecule has 1 amide bonds. The molecule has 0 saturated carbocycles. The van der Waals surface area contributed by atoms with Gasteiger partial charge < -0.3 is 16.2 Å². The fourth-order valence-electron chi connectivity index (χ4n) is 1.72. The summed E-state index contributed by atoms with van der Waals surface area (Å²) in [6, 6.07) is 4.82. The Hall–Kier alpha value is -1.71. The molecular weight excluding hydrogens is 216 g/mol. The number of hydrogen-bond donors (Lipinski definition) is 2. The van der Waals surface area contributed by atoms with Crippen LogP contribution in [0.25, 0.3) is 0 Å². The number of carbonyl (C=O) groups excluding carboxylic acids is 1. The van der Waals surface area contributed by atoms with Crippen LogP contribution in [0.4, 0.5) is 5.69 Å². The van der Waals surface area contributed by atoms with Crippen LogP contribution < -0.4 is 16.2 Å². The highest BCUT2D eigenvalue weighted by Crippen LogP contribution is 2.25. The first-order valence-electron chi connectivity index (χ1n) is 5.76. The molecule has 0 aliphatic heterocycles. The predicted octanol–water partition coefficient (Wildman–Crippen LogP) is 2.18. The lowest BCUT2D eigenvalue weighted by Crippen LogP contribution is -2.16. The highest BCUT2D eigenvalue weighted by molar-refractivity contribution is 5.93. The molecule has 1 aromatic rings. The summed E-state index contributed by atoms with van der Waals surface area (Å²) in [5.74, 6) is 0.589. The molecule has 0 spiro atoms. The van der Waals surface area contributed by atoms with Gasteiger partial charge in [-0.1, -0.05) is 13.8 Å². The van der Waals surface area contributed by atoms with Crippen LogP contribution in [0.2, 0.25) is 0 Å². The number of hydrogen-bond acceptors (Lipinski definition) is 3. The molecule has 1 atom stereocenters. The van der Waals surface area contributed by atoms with E-state index >= 15 is 0 Å². The largest absolute Gasteiger partial charge is 0.489 e. The van der Waals surface area contributed by atoms with Crippen LogP contribution in [0, 0.1) is 5.92 Å². The molecular formula is C13H20N2O2. The van der Waals surface area contributed by atoms with E-state index in [2.05, 4.69) is 13.8 Å². The van der Waals surface area contributed by atoms with E-state index in [1.54, 1.807) is 18.2 Å². The summed E-state index contributed by atoms with van der Waals surface area (Å²) in [4.78, 5) is 11.1. The molecule has 0 aliphatic carbocycles. The Morgan fingerprint density at radius 1 is 1.35 bits per heavy atom. The minimum Gasteiger partial charge on any atom is -0.489 e. The van der Waals surface area contributed by atoms with Gasteiger partial charge in [-0.05, 0) is 37.5 Å². The van der Waals surface area contributed by atoms with Crippen molar-refractivity contribution in [3.63, 3.8) is 0 Å². The number of nitrogen functional groups attached to an aromatic ring is 1. The van der Waals surface area contributed by atoms with Crippen LogP contribution >= 0.6 is 0 Å². The lowest BCUT2D eigenvalue weighted by atomic mass is 10.1. The summed E-state index contributed by atoms with van der Waals surface area (Å²) in [5, 5.41) is 0. The van der Waals surface area contributed by atoms with Gasteiger partial charge in [0, 0.05) is 5.56 Å². The number of rotatable bonds is 5. The highest BCUT2D eigenvalue weighted by atomic mass is 16.5. The van der Waals surface area contributed by atoms with E-state index in [4.69, 9.17) is 16.2 Å². The van der Waals surface area contributed by atoms with E-state index in [0.717, 1.165) is 6.42 Å². The first-order chi connectivity index (χ1) is 7.90. The van der Waals surface area contributed by atoms with Gasteiger partial charge in [0.15, 0.2) is 0 Å². The summed E-state index contributed by atoms with van der Waals surface area (Å²) in [5.41, 5.74) is 11.9. The van der Waals surface area contributed by atoms with E-state index in [1.165, 1.54) is 0 Å². The van der Waals surface area contributed by atoms with E-state index in [9.17, 15) is 4.79 Å². The fourth-order valence-corrected chi connectivity index (χ4v) is 1.72. The minimum absolute atomic E-state index is 0.0560. The topological polar surface area (TPSA) is 78.3 Å². The number of nitrogens with two attached hydrogens (primary N) is 2. The second kappa shape index (κ2) is 5.57. The van der Waals surface area contributed by atoms with E-state index < -0.39 is 5.91 Å². The van der Waals surface area contributed by atoms with E-state index in [0.29, 0.717) is 22.9 Å². The van der Waals surface area contributed by atoms with Crippen LogP contribution in [-0.4, -0.2) is 12.0 Å². The Kier molecular flexibility index (Phi) is 4.37. The number of benzene rings is 1. The summed E-state index contributed by atoms with van der Waals surface area (Å²) >= 11 is 0. The van der Waals surface area contributed by atoms with Gasteiger partial charge >= 0.3 is 0 Å². The van der Waals surface area contributed by atoms with Crippen LogP contribution in [-0.2, 0) is 0 Å². The molecule has 0 heterocycles. The second-order valence-electron chi connectivity index (χ2n) is 4.67. The van der Waals surface area contributed by atoms with E-state index in [1.807, 2.05) is 6.92 Å². The number of amides is 1. The quantitative estimate of drug-likeness (QED) is 0.769. The zero-order valence-electron chi connectivity index (χ0n) is 10.6. The normalized spacial score (nSPS) is 12.5. The summed E-state index contributed by atoms with van der Waals surface area (Å²) < 4.78 is 5.71. The summed E-state index contributed by atoms with van der Waals surface area (Å²) in [6.07, 6.45) is 0.987. The van der Waals surface area contributed by atoms with E-state index in [-0.39, 0.29) is 6.10 Å². The van der Waals surface area contributed by atoms with Crippen molar-refractivity contribution < 1.29 is 9.53 Å². The molecule has 1 rings (SSSR count). The van der Waals surface area contributed by atoms with Gasteiger partial charge in [-0.15, -0.1) is 0 Å². The van der Waals surface area contributed by atoms with Crippen molar-refractivity contribution in [2.75, 3.05) is 5.73 Å². The zero-order chi connectivity index (χ0) is 13.0. The molecule has 0 saturated heterocycles. The van der Waals surface area contributed by atoms with Crippen LogP contribution in [0.5, 0.6) is 5.75 Å². The van der Waals surface area contributed by atoms with Crippen molar-refractivity contribution >= 4 is 11.6 Å². The van der Waals surface area contributed by atoms with Crippen molar-refractivity contribution in [1.82, 2.24) is 0 Å². The maximum absolute atomic E-state index is 11.1. The fraction of sp³-hybridized carbons (Fsp3) is 0.462. The first-order valence-corrected chi connectivity index (χ1v) is 5.76. The van der Waals surface area contributed by atoms with Gasteiger partial charge in [-0.3, -0.25) is 4.79 Å². The number of ether oxygens (including phenoxy) is 1. The minimum atomic E-state index is -0.480. The average molecular weight is 236 g/mol. The third-order valence-corrected chi connectivity index (χ3v) is 2.43. The lowest BCUT2D eigenvalue weighted by molar-refractivity contribution is 0.0999. The molecule has 4 N–H and O–H groups in total. The highest BCUT2D eigenvalue weighted by Gasteiger charge is 2.11. The summed E-state index contributed by atoms with van der Waals surface area (Å²) in [7, 11) is 0. The maximum atomic E-state index is 11.1. The van der Waals surface area contributed by atoms with Gasteiger partial charge in [0.25, 0.3) is 0 Å². The van der Waals surface area contributed by atoms with Crippen LogP contribution in [0.15, 0.2) is 18.2 Å². The van der Waals surface area contributed by atoms with Gasteiger partial charge in [-0.2, -0.15) is 0 Å². The van der Waals surface area contributed by atoms with Gasteiger partial charge in [-0.25, -0.2) is 0 Å². The number of primary amides is 1. The Bertz CT molecular complexity index is 402. The van der Waals surface area contributed by atoms with Crippen molar-refractivity contribution in [2.45, 2.75) is 33.3 Å². The Labute approximate surface area is 102 Å². The third kappa shape index (κ3) is 3.98. The Balaban J connectivity index is 2.82. The molecule has 4 heteroatoms. The zero-order valence-corrected chi connectivity index (χ0v) is 10.6. The smallest absolute Gasteiger partial charge is 0.248 e. The number of anilines is 1. The molecule has 0 fully saturated rings. The van der Waals surface area contributed by atoms with Crippen molar-refractivity contribution in [1.29, 1.82) is 0 Å². The van der Waals surface area contributed by atoms with Gasteiger partial charge in [0.05, 0.1) is 11.8 Å². The number of carbonyl (C=O) groups is 1. The maximum Gasteiger partial charge on any atom is 0.248 e. The molecule has 17 heavy (non-hydrogen) atoms. The van der Waals surface area contributed by atoms with Gasteiger partial charge in [0.1, 0.15) is 5.75 Å². The van der Waals surface area contributed by atoms with Crippen molar-refractivity contribution in [2.24, 2.45) is 11.7 Å². The molecule has 0 bridgehead atoms. The van der Waals surface area contributed by atoms with Crippen molar-refractivity contribution in [3.8, 4) is 5.75 Å². The van der Waals surface area contributed by atoms with Gasteiger partial charge in [0.2, 0.25) is 5.91 Å². The molecule has 1 aromatic carbocycles. The molecule has 0 radical (unpaired) electrons. The molecule has 4 nitrogen and oxygen atoms in total. The molecule has 1 unspecified atom stereocenters. The molecule has 0 aliphatic rings. The lowest BCUT2D eigenvalue weighted by Gasteiger charge is -2.18. The Morgan fingerprint density at radius 2 is 2.00 bits per heavy atom.